The summed E-state index contributed by atoms with van der Waals surface area (Å²) in [7, 11) is 2.13. The maximum absolute atomic E-state index is 14.2. The van der Waals surface area contributed by atoms with Gasteiger partial charge in [-0.3, -0.25) is 0 Å². The minimum absolute atomic E-state index is 0.00758. The molecule has 8 nitrogen and oxygen atoms in total. The minimum Gasteiger partial charge on any atom is -0.508 e. The number of nitrogens with one attached hydrogen (secondary N) is 2. The number of aromatic hydroxyl groups is 1. The smallest absolute Gasteiger partial charge is 0.229 e. The van der Waals surface area contributed by atoms with Crippen molar-refractivity contribution in [1.29, 1.82) is 0 Å². The molecule has 0 unspecified atom stereocenters. The maximum atomic E-state index is 14.2. The van der Waals surface area contributed by atoms with E-state index in [-0.39, 0.29) is 17.5 Å². The van der Waals surface area contributed by atoms with Crippen LogP contribution in [0.2, 0.25) is 0 Å². The molecule has 1 aliphatic heterocycles. The zero-order valence-electron chi connectivity index (χ0n) is 18.1. The van der Waals surface area contributed by atoms with Gasteiger partial charge in [-0.1, -0.05) is 12.1 Å². The van der Waals surface area contributed by atoms with Crippen molar-refractivity contribution in [2.75, 3.05) is 43.9 Å². The first kappa shape index (κ1) is 21.5. The molecule has 166 valence electrons. The number of piperazine rings is 1. The summed E-state index contributed by atoms with van der Waals surface area (Å²) in [4.78, 5) is 17.6. The summed E-state index contributed by atoms with van der Waals surface area (Å²) in [6, 6.07) is 14.0. The Bertz CT molecular complexity index is 1110. The lowest BCUT2D eigenvalue weighted by atomic mass is 10.2. The predicted molar refractivity (Wildman–Crippen MR) is 125 cm³/mol. The minimum atomic E-state index is -0.597. The lowest BCUT2D eigenvalue weighted by Crippen LogP contribution is -2.46. The number of amidine groups is 1. The molecular formula is C23H26FN7O. The first-order valence-corrected chi connectivity index (χ1v) is 10.4. The van der Waals surface area contributed by atoms with Gasteiger partial charge in [-0.15, -0.1) is 0 Å². The Kier molecular flexibility index (Phi) is 6.46. The molecule has 0 saturated carbocycles. The van der Waals surface area contributed by atoms with Crippen LogP contribution in [0.3, 0.4) is 0 Å². The van der Waals surface area contributed by atoms with Gasteiger partial charge in [0.1, 0.15) is 11.6 Å². The van der Waals surface area contributed by atoms with Crippen LogP contribution in [0.1, 0.15) is 6.92 Å². The Morgan fingerprint density at radius 1 is 1.03 bits per heavy atom. The van der Waals surface area contributed by atoms with Crippen LogP contribution in [0.5, 0.6) is 5.75 Å². The SMILES string of the molecule is CC(=Nc1cccc(Nc2ncc(F)c(Nc3cccc(O)c3)n2)c1)N1CCN(C)CC1. The first-order chi connectivity index (χ1) is 15.5. The number of aromatic nitrogens is 2. The van der Waals surface area contributed by atoms with E-state index in [4.69, 9.17) is 4.99 Å². The second-order valence-electron chi connectivity index (χ2n) is 7.69. The third-order valence-electron chi connectivity index (χ3n) is 5.21. The molecule has 1 saturated heterocycles. The molecule has 0 spiro atoms. The van der Waals surface area contributed by atoms with Gasteiger partial charge < -0.3 is 25.5 Å². The Hall–Kier alpha value is -3.72. The number of anilines is 4. The van der Waals surface area contributed by atoms with Crippen LogP contribution in [0.15, 0.2) is 59.7 Å². The molecule has 3 N–H and O–H groups in total. The van der Waals surface area contributed by atoms with Gasteiger partial charge in [0, 0.05) is 43.6 Å². The van der Waals surface area contributed by atoms with E-state index >= 15 is 0 Å². The number of benzene rings is 2. The van der Waals surface area contributed by atoms with Crippen LogP contribution in [-0.4, -0.2) is 63.9 Å². The number of phenolic OH excluding ortho intramolecular Hbond substituents is 1. The Morgan fingerprint density at radius 3 is 2.50 bits per heavy atom. The van der Waals surface area contributed by atoms with Crippen molar-refractivity contribution >= 4 is 34.7 Å². The van der Waals surface area contributed by atoms with E-state index in [1.807, 2.05) is 31.2 Å². The third kappa shape index (κ3) is 5.50. The van der Waals surface area contributed by atoms with Crippen molar-refractivity contribution in [1.82, 2.24) is 19.8 Å². The van der Waals surface area contributed by atoms with Crippen LogP contribution < -0.4 is 10.6 Å². The van der Waals surface area contributed by atoms with E-state index in [1.54, 1.807) is 12.1 Å². The fourth-order valence-electron chi connectivity index (χ4n) is 3.41. The molecule has 2 heterocycles. The summed E-state index contributed by atoms with van der Waals surface area (Å²) in [6.45, 7) is 5.99. The molecule has 2 aromatic carbocycles. The summed E-state index contributed by atoms with van der Waals surface area (Å²) in [5.41, 5.74) is 2.07. The zero-order valence-corrected chi connectivity index (χ0v) is 18.1. The van der Waals surface area contributed by atoms with Crippen molar-refractivity contribution < 1.29 is 9.50 Å². The van der Waals surface area contributed by atoms with E-state index in [2.05, 4.69) is 37.4 Å². The molecule has 4 rings (SSSR count). The van der Waals surface area contributed by atoms with Gasteiger partial charge >= 0.3 is 0 Å². The summed E-state index contributed by atoms with van der Waals surface area (Å²) < 4.78 is 14.2. The Labute approximate surface area is 186 Å². The fraction of sp³-hybridized carbons (Fsp3) is 0.261. The predicted octanol–water partition coefficient (Wildman–Crippen LogP) is 4.11. The molecular weight excluding hydrogens is 409 g/mol. The zero-order chi connectivity index (χ0) is 22.5. The van der Waals surface area contributed by atoms with Gasteiger partial charge in [0.25, 0.3) is 0 Å². The highest BCUT2D eigenvalue weighted by molar-refractivity contribution is 5.83. The molecule has 9 heteroatoms. The molecule has 1 aromatic heterocycles. The monoisotopic (exact) mass is 435 g/mol. The number of hydrogen-bond acceptors (Lipinski definition) is 7. The van der Waals surface area contributed by atoms with Gasteiger partial charge in [0.05, 0.1) is 11.9 Å². The van der Waals surface area contributed by atoms with E-state index in [0.717, 1.165) is 49.6 Å². The van der Waals surface area contributed by atoms with Crippen LogP contribution in [-0.2, 0) is 0 Å². The average Bonchev–Trinajstić information content (AvgIpc) is 2.77. The topological polar surface area (TPSA) is 88.9 Å². The Balaban J connectivity index is 1.48. The number of nitrogens with zero attached hydrogens (tertiary/aromatic N) is 5. The quantitative estimate of drug-likeness (QED) is 0.411. The number of phenols is 1. The van der Waals surface area contributed by atoms with E-state index in [0.29, 0.717) is 5.69 Å². The number of likely N-dealkylation sites (N-methyl/N-ethyl adjacent to an activating group) is 1. The second-order valence-corrected chi connectivity index (χ2v) is 7.69. The molecule has 3 aromatic rings. The molecule has 0 bridgehead atoms. The maximum Gasteiger partial charge on any atom is 0.229 e. The molecule has 0 amide bonds. The average molecular weight is 436 g/mol. The van der Waals surface area contributed by atoms with Gasteiger partial charge in [-0.2, -0.15) is 4.98 Å². The van der Waals surface area contributed by atoms with Gasteiger partial charge in [-0.25, -0.2) is 14.4 Å². The van der Waals surface area contributed by atoms with Gasteiger partial charge in [0.15, 0.2) is 11.6 Å². The van der Waals surface area contributed by atoms with Crippen LogP contribution in [0, 0.1) is 5.82 Å². The van der Waals surface area contributed by atoms with E-state index in [1.165, 1.54) is 12.1 Å². The van der Waals surface area contributed by atoms with Crippen molar-refractivity contribution in [2.24, 2.45) is 4.99 Å². The van der Waals surface area contributed by atoms with Crippen molar-refractivity contribution in [2.45, 2.75) is 6.92 Å². The van der Waals surface area contributed by atoms with Gasteiger partial charge in [0.2, 0.25) is 5.95 Å². The molecule has 0 radical (unpaired) electrons. The van der Waals surface area contributed by atoms with Gasteiger partial charge in [-0.05, 0) is 44.3 Å². The highest BCUT2D eigenvalue weighted by Crippen LogP contribution is 2.24. The standard InChI is InChI=1S/C23H26FN7O/c1-16(31-11-9-30(2)10-12-31)26-17-5-3-6-18(13-17)28-23-25-15-21(24)22(29-23)27-19-7-4-8-20(32)14-19/h3-8,13-15,32H,9-12H2,1-2H3,(H2,25,27,28,29). The molecule has 0 aliphatic carbocycles. The molecule has 1 fully saturated rings. The summed E-state index contributed by atoms with van der Waals surface area (Å²) in [5, 5.41) is 15.6. The third-order valence-corrected chi connectivity index (χ3v) is 5.21. The largest absolute Gasteiger partial charge is 0.508 e. The number of halogens is 1. The number of aliphatic imine (C=N–C) groups is 1. The van der Waals surface area contributed by atoms with Crippen molar-refractivity contribution in [3.63, 3.8) is 0 Å². The summed E-state index contributed by atoms with van der Waals surface area (Å²) in [6.07, 6.45) is 1.10. The molecule has 1 aliphatic rings. The normalized spacial score (nSPS) is 15.0. The summed E-state index contributed by atoms with van der Waals surface area (Å²) in [5.74, 6) is 0.706. The van der Waals surface area contributed by atoms with E-state index in [9.17, 15) is 9.50 Å². The van der Waals surface area contributed by atoms with Crippen molar-refractivity contribution in [3.8, 4) is 5.75 Å². The second kappa shape index (κ2) is 9.61. The fourth-order valence-corrected chi connectivity index (χ4v) is 3.41. The number of hydrogen-bond donors (Lipinski definition) is 3. The molecule has 0 atom stereocenters. The van der Waals surface area contributed by atoms with E-state index < -0.39 is 5.82 Å². The van der Waals surface area contributed by atoms with Crippen LogP contribution in [0.25, 0.3) is 0 Å². The highest BCUT2D eigenvalue weighted by atomic mass is 19.1. The van der Waals surface area contributed by atoms with Crippen LogP contribution >= 0.6 is 0 Å². The molecule has 32 heavy (non-hydrogen) atoms. The summed E-state index contributed by atoms with van der Waals surface area (Å²) >= 11 is 0. The number of rotatable bonds is 5. The highest BCUT2D eigenvalue weighted by Gasteiger charge is 2.14. The lowest BCUT2D eigenvalue weighted by Gasteiger charge is -2.33. The van der Waals surface area contributed by atoms with Crippen LogP contribution in [0.4, 0.5) is 33.2 Å². The first-order valence-electron chi connectivity index (χ1n) is 10.4. The Morgan fingerprint density at radius 2 is 1.75 bits per heavy atom. The van der Waals surface area contributed by atoms with Crippen molar-refractivity contribution in [3.05, 3.63) is 60.5 Å². The lowest BCUT2D eigenvalue weighted by molar-refractivity contribution is 0.215.